The van der Waals surface area contributed by atoms with Crippen molar-refractivity contribution in [3.05, 3.63) is 23.7 Å². The highest BCUT2D eigenvalue weighted by atomic mass is 16.4. The van der Waals surface area contributed by atoms with Crippen LogP contribution in [0, 0.1) is 5.92 Å². The van der Waals surface area contributed by atoms with Crippen molar-refractivity contribution >= 4 is 11.9 Å². The standard InChI is InChI=1S/C13H15NO4/c15-12(10-5-6-11(18-10)13(16)17)14(9-3-4-9)7-8-1-2-8/h5-6,8-9H,1-4,7H2,(H,16,17). The predicted octanol–water partition coefficient (Wildman–Crippen LogP) is 1.99. The van der Waals surface area contributed by atoms with Gasteiger partial charge in [0, 0.05) is 12.6 Å². The highest BCUT2D eigenvalue weighted by molar-refractivity contribution is 5.93. The minimum Gasteiger partial charge on any atom is -0.475 e. The van der Waals surface area contributed by atoms with Crippen LogP contribution >= 0.6 is 0 Å². The fraction of sp³-hybridized carbons (Fsp3) is 0.538. The normalized spacial score (nSPS) is 18.7. The molecule has 0 saturated heterocycles. The number of amides is 1. The fourth-order valence-corrected chi connectivity index (χ4v) is 2.07. The lowest BCUT2D eigenvalue weighted by Crippen LogP contribution is -2.34. The molecule has 0 atom stereocenters. The van der Waals surface area contributed by atoms with Gasteiger partial charge >= 0.3 is 5.97 Å². The first kappa shape index (κ1) is 11.3. The summed E-state index contributed by atoms with van der Waals surface area (Å²) >= 11 is 0. The Hall–Kier alpha value is -1.78. The van der Waals surface area contributed by atoms with E-state index in [2.05, 4.69) is 0 Å². The van der Waals surface area contributed by atoms with Gasteiger partial charge in [-0.3, -0.25) is 4.79 Å². The van der Waals surface area contributed by atoms with Crippen LogP contribution in [-0.2, 0) is 0 Å². The second kappa shape index (κ2) is 4.15. The maximum Gasteiger partial charge on any atom is 0.371 e. The number of carbonyl (C=O) groups excluding carboxylic acids is 1. The Morgan fingerprint density at radius 2 is 1.89 bits per heavy atom. The number of rotatable bonds is 5. The molecule has 1 aromatic rings. The lowest BCUT2D eigenvalue weighted by molar-refractivity contribution is 0.0645. The number of carbonyl (C=O) groups is 2. The van der Waals surface area contributed by atoms with Crippen LogP contribution in [0.1, 0.15) is 46.8 Å². The molecule has 18 heavy (non-hydrogen) atoms. The minimum atomic E-state index is -1.14. The van der Waals surface area contributed by atoms with Gasteiger partial charge in [0.1, 0.15) is 0 Å². The highest BCUT2D eigenvalue weighted by Crippen LogP contribution is 2.35. The van der Waals surface area contributed by atoms with Crippen molar-refractivity contribution in [1.82, 2.24) is 4.90 Å². The topological polar surface area (TPSA) is 70.8 Å². The van der Waals surface area contributed by atoms with Gasteiger partial charge in [0.05, 0.1) is 0 Å². The monoisotopic (exact) mass is 249 g/mol. The van der Waals surface area contributed by atoms with E-state index in [1.807, 2.05) is 4.90 Å². The van der Waals surface area contributed by atoms with Crippen LogP contribution in [0.4, 0.5) is 0 Å². The van der Waals surface area contributed by atoms with Crippen molar-refractivity contribution < 1.29 is 19.1 Å². The van der Waals surface area contributed by atoms with E-state index in [1.54, 1.807) is 0 Å². The highest BCUT2D eigenvalue weighted by Gasteiger charge is 2.37. The summed E-state index contributed by atoms with van der Waals surface area (Å²) in [5.74, 6) is -0.727. The van der Waals surface area contributed by atoms with Gasteiger partial charge < -0.3 is 14.4 Å². The van der Waals surface area contributed by atoms with Crippen LogP contribution in [0.3, 0.4) is 0 Å². The van der Waals surface area contributed by atoms with Crippen LogP contribution in [0.2, 0.25) is 0 Å². The second-order valence-electron chi connectivity index (χ2n) is 5.10. The molecule has 0 bridgehead atoms. The molecule has 2 fully saturated rings. The molecule has 0 unspecified atom stereocenters. The molecule has 1 heterocycles. The van der Waals surface area contributed by atoms with Crippen molar-refractivity contribution in [2.45, 2.75) is 31.7 Å². The van der Waals surface area contributed by atoms with E-state index in [4.69, 9.17) is 9.52 Å². The lowest BCUT2D eigenvalue weighted by Gasteiger charge is -2.20. The Kier molecular flexibility index (Phi) is 2.61. The first-order chi connectivity index (χ1) is 8.65. The van der Waals surface area contributed by atoms with E-state index in [9.17, 15) is 9.59 Å². The molecule has 0 radical (unpaired) electrons. The number of hydrogen-bond acceptors (Lipinski definition) is 3. The maximum absolute atomic E-state index is 12.3. The molecule has 2 saturated carbocycles. The van der Waals surface area contributed by atoms with Crippen LogP contribution in [-0.4, -0.2) is 34.5 Å². The van der Waals surface area contributed by atoms with Crippen LogP contribution in [0.25, 0.3) is 0 Å². The molecule has 5 nitrogen and oxygen atoms in total. The first-order valence-electron chi connectivity index (χ1n) is 6.29. The minimum absolute atomic E-state index is 0.139. The van der Waals surface area contributed by atoms with Crippen LogP contribution in [0.15, 0.2) is 16.5 Å². The van der Waals surface area contributed by atoms with Gasteiger partial charge in [-0.05, 0) is 43.7 Å². The summed E-state index contributed by atoms with van der Waals surface area (Å²) in [6, 6.07) is 3.11. The molecule has 2 aliphatic carbocycles. The Bertz CT molecular complexity index is 485. The largest absolute Gasteiger partial charge is 0.475 e. The zero-order chi connectivity index (χ0) is 12.7. The average molecular weight is 249 g/mol. The summed E-state index contributed by atoms with van der Waals surface area (Å²) in [4.78, 5) is 24.8. The number of hydrogen-bond donors (Lipinski definition) is 1. The summed E-state index contributed by atoms with van der Waals surface area (Å²) in [6.07, 6.45) is 4.47. The molecule has 2 aliphatic rings. The van der Waals surface area contributed by atoms with Gasteiger partial charge in [-0.25, -0.2) is 4.79 Å². The molecule has 0 spiro atoms. The molecule has 1 amide bonds. The number of nitrogens with zero attached hydrogens (tertiary/aromatic N) is 1. The van der Waals surface area contributed by atoms with E-state index in [0.717, 1.165) is 19.4 Å². The molecule has 0 aromatic carbocycles. The molecule has 1 N–H and O–H groups in total. The predicted molar refractivity (Wildman–Crippen MR) is 62.4 cm³/mol. The average Bonchev–Trinajstić information content (AvgIpc) is 3.24. The number of furan rings is 1. The SMILES string of the molecule is O=C(O)c1ccc(C(=O)N(CC2CC2)C2CC2)o1. The van der Waals surface area contributed by atoms with E-state index >= 15 is 0 Å². The summed E-state index contributed by atoms with van der Waals surface area (Å²) in [6.45, 7) is 0.784. The van der Waals surface area contributed by atoms with E-state index in [0.29, 0.717) is 12.0 Å². The number of aromatic carboxylic acids is 1. The third-order valence-electron chi connectivity index (χ3n) is 3.43. The lowest BCUT2D eigenvalue weighted by atomic mass is 10.3. The molecule has 96 valence electrons. The Labute approximate surface area is 104 Å². The van der Waals surface area contributed by atoms with E-state index in [-0.39, 0.29) is 17.4 Å². The van der Waals surface area contributed by atoms with E-state index < -0.39 is 5.97 Å². The van der Waals surface area contributed by atoms with Crippen molar-refractivity contribution in [3.63, 3.8) is 0 Å². The van der Waals surface area contributed by atoms with Gasteiger partial charge in [0.2, 0.25) is 5.76 Å². The first-order valence-corrected chi connectivity index (χ1v) is 6.29. The third-order valence-corrected chi connectivity index (χ3v) is 3.43. The van der Waals surface area contributed by atoms with Gasteiger partial charge in [-0.1, -0.05) is 0 Å². The van der Waals surface area contributed by atoms with Gasteiger partial charge in [-0.15, -0.1) is 0 Å². The summed E-state index contributed by atoms with van der Waals surface area (Å²) in [7, 11) is 0. The molecule has 1 aromatic heterocycles. The van der Waals surface area contributed by atoms with Crippen molar-refractivity contribution in [3.8, 4) is 0 Å². The summed E-state index contributed by atoms with van der Waals surface area (Å²) in [5, 5.41) is 8.78. The molecule has 5 heteroatoms. The maximum atomic E-state index is 12.3. The summed E-state index contributed by atoms with van der Waals surface area (Å²) in [5.41, 5.74) is 0. The Balaban J connectivity index is 1.75. The quantitative estimate of drug-likeness (QED) is 0.866. The van der Waals surface area contributed by atoms with Gasteiger partial charge in [0.25, 0.3) is 5.91 Å². The fourth-order valence-electron chi connectivity index (χ4n) is 2.07. The molecule has 3 rings (SSSR count). The van der Waals surface area contributed by atoms with Gasteiger partial charge in [-0.2, -0.15) is 0 Å². The van der Waals surface area contributed by atoms with Crippen molar-refractivity contribution in [1.29, 1.82) is 0 Å². The van der Waals surface area contributed by atoms with Gasteiger partial charge in [0.15, 0.2) is 5.76 Å². The number of carboxylic acid groups (broad SMARTS) is 1. The van der Waals surface area contributed by atoms with E-state index in [1.165, 1.54) is 25.0 Å². The molecular formula is C13H15NO4. The number of carboxylic acids is 1. The van der Waals surface area contributed by atoms with Crippen molar-refractivity contribution in [2.75, 3.05) is 6.54 Å². The third kappa shape index (κ3) is 2.25. The zero-order valence-corrected chi connectivity index (χ0v) is 9.96. The molecular weight excluding hydrogens is 234 g/mol. The Morgan fingerprint density at radius 1 is 1.22 bits per heavy atom. The van der Waals surface area contributed by atoms with Crippen LogP contribution < -0.4 is 0 Å². The molecule has 0 aliphatic heterocycles. The zero-order valence-electron chi connectivity index (χ0n) is 9.96. The Morgan fingerprint density at radius 3 is 2.39 bits per heavy atom. The van der Waals surface area contributed by atoms with Crippen molar-refractivity contribution in [2.24, 2.45) is 5.92 Å². The summed E-state index contributed by atoms with van der Waals surface area (Å²) < 4.78 is 5.08. The smallest absolute Gasteiger partial charge is 0.371 e. The second-order valence-corrected chi connectivity index (χ2v) is 5.10. The van der Waals surface area contributed by atoms with Crippen LogP contribution in [0.5, 0.6) is 0 Å².